The van der Waals surface area contributed by atoms with E-state index in [-0.39, 0.29) is 17.8 Å². The summed E-state index contributed by atoms with van der Waals surface area (Å²) in [7, 11) is 4.00. The topological polar surface area (TPSA) is 88.4 Å². The molecule has 0 aliphatic carbocycles. The van der Waals surface area contributed by atoms with Gasteiger partial charge in [0.15, 0.2) is 5.82 Å². The Hall–Kier alpha value is -3.34. The van der Waals surface area contributed by atoms with Crippen molar-refractivity contribution in [2.24, 2.45) is 5.92 Å². The number of anilines is 2. The maximum absolute atomic E-state index is 13.3. The molecule has 0 saturated carbocycles. The van der Waals surface area contributed by atoms with Crippen LogP contribution in [0.15, 0.2) is 36.5 Å². The van der Waals surface area contributed by atoms with Gasteiger partial charge in [-0.3, -0.25) is 5.01 Å². The van der Waals surface area contributed by atoms with Gasteiger partial charge in [-0.2, -0.15) is 10.2 Å². The van der Waals surface area contributed by atoms with E-state index in [0.717, 1.165) is 11.3 Å². The number of hydrogen-bond donors (Lipinski definition) is 1. The summed E-state index contributed by atoms with van der Waals surface area (Å²) < 4.78 is 0. The minimum atomic E-state index is -0.405. The quantitative estimate of drug-likeness (QED) is 0.682. The molecule has 1 aromatic carbocycles. The van der Waals surface area contributed by atoms with Crippen molar-refractivity contribution in [1.82, 2.24) is 20.3 Å². The molecule has 1 N–H and O–H groups in total. The van der Waals surface area contributed by atoms with E-state index in [9.17, 15) is 4.79 Å². The van der Waals surface area contributed by atoms with E-state index in [1.54, 1.807) is 16.0 Å². The zero-order chi connectivity index (χ0) is 23.2. The first-order valence-electron chi connectivity index (χ1n) is 10.4. The summed E-state index contributed by atoms with van der Waals surface area (Å²) >= 11 is 0. The fraction of sp³-hybridized carbons (Fsp3) is 0.478. The van der Waals surface area contributed by atoms with E-state index in [1.165, 1.54) is 6.20 Å². The van der Waals surface area contributed by atoms with E-state index in [1.807, 2.05) is 70.1 Å². The van der Waals surface area contributed by atoms with Crippen LogP contribution in [0.3, 0.4) is 0 Å². The number of amides is 2. The van der Waals surface area contributed by atoms with Crippen molar-refractivity contribution in [2.45, 2.75) is 46.7 Å². The van der Waals surface area contributed by atoms with E-state index in [0.29, 0.717) is 18.9 Å². The third-order valence-corrected chi connectivity index (χ3v) is 4.64. The molecule has 2 rings (SSSR count). The number of nitriles is 1. The molecule has 1 aromatic heterocycles. The summed E-state index contributed by atoms with van der Waals surface area (Å²) in [5.74, 6) is 0.814. The highest BCUT2D eigenvalue weighted by atomic mass is 16.2. The van der Waals surface area contributed by atoms with Crippen molar-refractivity contribution in [3.8, 4) is 6.07 Å². The van der Waals surface area contributed by atoms with Gasteiger partial charge in [0.2, 0.25) is 5.82 Å². The highest BCUT2D eigenvalue weighted by Gasteiger charge is 2.28. The molecule has 2 amide bonds. The second kappa shape index (κ2) is 10.1. The lowest BCUT2D eigenvalue weighted by molar-refractivity contribution is 0.138. The van der Waals surface area contributed by atoms with Gasteiger partial charge in [-0.15, -0.1) is 0 Å². The summed E-state index contributed by atoms with van der Waals surface area (Å²) in [5, 5.41) is 10.8. The number of rotatable bonds is 7. The molecule has 31 heavy (non-hydrogen) atoms. The van der Waals surface area contributed by atoms with Gasteiger partial charge in [-0.1, -0.05) is 26.0 Å². The Balaban J connectivity index is 2.26. The minimum absolute atomic E-state index is 0.0640. The molecule has 2 aromatic rings. The molecule has 8 nitrogen and oxygen atoms in total. The molecular weight excluding hydrogens is 390 g/mol. The van der Waals surface area contributed by atoms with Gasteiger partial charge in [0.1, 0.15) is 6.07 Å². The largest absolute Gasteiger partial charge is 0.378 e. The van der Waals surface area contributed by atoms with Gasteiger partial charge >= 0.3 is 6.03 Å². The Morgan fingerprint density at radius 2 is 1.81 bits per heavy atom. The normalized spacial score (nSPS) is 11.1. The lowest BCUT2D eigenvalue weighted by atomic mass is 10.0. The van der Waals surface area contributed by atoms with Gasteiger partial charge < -0.3 is 9.80 Å². The van der Waals surface area contributed by atoms with Crippen molar-refractivity contribution in [3.05, 3.63) is 47.9 Å². The first-order chi connectivity index (χ1) is 14.5. The summed E-state index contributed by atoms with van der Waals surface area (Å²) in [6.07, 6.45) is 1.52. The third kappa shape index (κ3) is 6.85. The monoisotopic (exact) mass is 423 g/mol. The fourth-order valence-electron chi connectivity index (χ4n) is 2.99. The second-order valence-electron chi connectivity index (χ2n) is 9.09. The first kappa shape index (κ1) is 23.9. The lowest BCUT2D eigenvalue weighted by Gasteiger charge is -2.38. The summed E-state index contributed by atoms with van der Waals surface area (Å²) in [4.78, 5) is 25.3. The lowest BCUT2D eigenvalue weighted by Crippen LogP contribution is -2.55. The van der Waals surface area contributed by atoms with Crippen molar-refractivity contribution in [1.29, 1.82) is 5.26 Å². The average Bonchev–Trinajstić information content (AvgIpc) is 2.70. The molecule has 166 valence electrons. The van der Waals surface area contributed by atoms with E-state index < -0.39 is 5.54 Å². The summed E-state index contributed by atoms with van der Waals surface area (Å²) in [6.45, 7) is 11.1. The van der Waals surface area contributed by atoms with Crippen LogP contribution < -0.4 is 15.3 Å². The predicted molar refractivity (Wildman–Crippen MR) is 124 cm³/mol. The van der Waals surface area contributed by atoms with E-state index in [4.69, 9.17) is 5.26 Å². The van der Waals surface area contributed by atoms with Gasteiger partial charge in [-0.25, -0.2) is 15.2 Å². The number of nitrogens with one attached hydrogen (secondary N) is 1. The molecule has 8 heteroatoms. The standard InChI is InChI=1S/C23H33N7O/c1-17(2)15-30(21-12-13-25-20(14-24)26-21)27-22(31)29(23(3,4)5)16-18-8-10-19(11-9-18)28(6)7/h8-13,17H,15-16H2,1-7H3,(H,27,31). The second-order valence-corrected chi connectivity index (χ2v) is 9.09. The van der Waals surface area contributed by atoms with Gasteiger partial charge in [0.05, 0.1) is 0 Å². The van der Waals surface area contributed by atoms with E-state index in [2.05, 4.69) is 29.2 Å². The Kier molecular flexibility index (Phi) is 7.81. The molecule has 0 saturated heterocycles. The van der Waals surface area contributed by atoms with Crippen molar-refractivity contribution >= 4 is 17.5 Å². The molecule has 0 unspecified atom stereocenters. The van der Waals surface area contributed by atoms with Crippen LogP contribution in [0.4, 0.5) is 16.3 Å². The maximum atomic E-state index is 13.3. The molecule has 0 radical (unpaired) electrons. The smallest absolute Gasteiger partial charge is 0.336 e. The number of hydrazine groups is 1. The molecule has 0 aliphatic heterocycles. The van der Waals surface area contributed by atoms with Crippen LogP contribution in [-0.4, -0.2) is 47.1 Å². The minimum Gasteiger partial charge on any atom is -0.378 e. The van der Waals surface area contributed by atoms with Crippen LogP contribution >= 0.6 is 0 Å². The van der Waals surface area contributed by atoms with Gasteiger partial charge in [-0.05, 0) is 44.4 Å². The van der Waals surface area contributed by atoms with Gasteiger partial charge in [0, 0.05) is 50.7 Å². The van der Waals surface area contributed by atoms with Gasteiger partial charge in [0.25, 0.3) is 0 Å². The predicted octanol–water partition coefficient (Wildman–Crippen LogP) is 3.80. The van der Waals surface area contributed by atoms with Crippen LogP contribution in [0.25, 0.3) is 0 Å². The molecule has 0 spiro atoms. The first-order valence-corrected chi connectivity index (χ1v) is 10.4. The third-order valence-electron chi connectivity index (χ3n) is 4.64. The number of nitrogens with zero attached hydrogens (tertiary/aromatic N) is 6. The average molecular weight is 424 g/mol. The van der Waals surface area contributed by atoms with Crippen LogP contribution in [-0.2, 0) is 6.54 Å². The van der Waals surface area contributed by atoms with Crippen LogP contribution in [0.1, 0.15) is 46.0 Å². The molecule has 0 atom stereocenters. The zero-order valence-electron chi connectivity index (χ0n) is 19.5. The Labute approximate surface area is 185 Å². The molecule has 0 aliphatic rings. The molecular formula is C23H33N7O. The van der Waals surface area contributed by atoms with Crippen LogP contribution in [0.2, 0.25) is 0 Å². The number of carbonyl (C=O) groups excluding carboxylic acids is 1. The van der Waals surface area contributed by atoms with Crippen molar-refractivity contribution in [2.75, 3.05) is 30.5 Å². The number of carbonyl (C=O) groups is 1. The molecule has 0 fully saturated rings. The number of urea groups is 1. The Morgan fingerprint density at radius 3 is 2.32 bits per heavy atom. The summed E-state index contributed by atoms with van der Waals surface area (Å²) in [5.41, 5.74) is 4.73. The fourth-order valence-corrected chi connectivity index (χ4v) is 2.99. The van der Waals surface area contributed by atoms with Crippen molar-refractivity contribution < 1.29 is 4.79 Å². The molecule has 1 heterocycles. The highest BCUT2D eigenvalue weighted by Crippen LogP contribution is 2.20. The van der Waals surface area contributed by atoms with Crippen LogP contribution in [0.5, 0.6) is 0 Å². The Morgan fingerprint density at radius 1 is 1.16 bits per heavy atom. The highest BCUT2D eigenvalue weighted by molar-refractivity contribution is 5.76. The Bertz CT molecular complexity index is 911. The van der Waals surface area contributed by atoms with Crippen LogP contribution in [0, 0.1) is 17.2 Å². The number of benzene rings is 1. The summed E-state index contributed by atoms with van der Waals surface area (Å²) in [6, 6.07) is 11.6. The number of hydrogen-bond acceptors (Lipinski definition) is 6. The molecule has 0 bridgehead atoms. The van der Waals surface area contributed by atoms with Crippen molar-refractivity contribution in [3.63, 3.8) is 0 Å². The SMILES string of the molecule is CC(C)CN(NC(=O)N(Cc1ccc(N(C)C)cc1)C(C)(C)C)c1ccnc(C#N)n1. The maximum Gasteiger partial charge on any atom is 0.336 e. The number of aromatic nitrogens is 2. The van der Waals surface area contributed by atoms with E-state index >= 15 is 0 Å². The zero-order valence-corrected chi connectivity index (χ0v) is 19.5.